The van der Waals surface area contributed by atoms with Crippen LogP contribution in [0.4, 0.5) is 17.8 Å². The van der Waals surface area contributed by atoms with Crippen LogP contribution < -0.4 is 37.6 Å². The van der Waals surface area contributed by atoms with Gasteiger partial charge in [-0.3, -0.25) is 0 Å². The van der Waals surface area contributed by atoms with E-state index >= 15 is 0 Å². The van der Waals surface area contributed by atoms with Gasteiger partial charge in [-0.25, -0.2) is 0 Å². The molecule has 0 bridgehead atoms. The molecule has 0 aromatic carbocycles. The maximum absolute atomic E-state index is 10.1. The quantitative estimate of drug-likeness (QED) is 0.349. The van der Waals surface area contributed by atoms with Crippen molar-refractivity contribution in [3.63, 3.8) is 0 Å². The van der Waals surface area contributed by atoms with E-state index in [4.69, 9.17) is 37.9 Å². The van der Waals surface area contributed by atoms with Gasteiger partial charge in [-0.05, 0) is 25.7 Å². The highest BCUT2D eigenvalue weighted by atomic mass is 35.5. The first-order chi connectivity index (χ1) is 13.9. The SMILES string of the molecule is Cl.N[C@@H]1C[C@H](N)CN(c2nc(N3CCCC(O)C3)nc(N3C[C@H](N)C[C@H](N)C3)n2)C1. The molecule has 0 saturated carbocycles. The average molecular weight is 443 g/mol. The Labute approximate surface area is 183 Å². The van der Waals surface area contributed by atoms with E-state index in [-0.39, 0.29) is 42.7 Å². The van der Waals surface area contributed by atoms with Crippen LogP contribution in [0.15, 0.2) is 0 Å². The van der Waals surface area contributed by atoms with Crippen LogP contribution in [0.5, 0.6) is 0 Å². The molecule has 5 atom stereocenters. The van der Waals surface area contributed by atoms with Gasteiger partial charge in [-0.15, -0.1) is 12.4 Å². The van der Waals surface area contributed by atoms with Crippen LogP contribution in [0.25, 0.3) is 0 Å². The molecular formula is C18H35ClN10O. The summed E-state index contributed by atoms with van der Waals surface area (Å²) >= 11 is 0. The predicted octanol–water partition coefficient (Wildman–Crippen LogP) is -2.02. The molecule has 3 aliphatic rings. The summed E-state index contributed by atoms with van der Waals surface area (Å²) in [5.41, 5.74) is 24.8. The van der Waals surface area contributed by atoms with Crippen molar-refractivity contribution < 1.29 is 5.11 Å². The summed E-state index contributed by atoms with van der Waals surface area (Å²) in [7, 11) is 0. The van der Waals surface area contributed by atoms with Gasteiger partial charge in [0.2, 0.25) is 17.8 Å². The van der Waals surface area contributed by atoms with E-state index in [2.05, 4.69) is 0 Å². The number of rotatable bonds is 3. The molecule has 0 aliphatic carbocycles. The standard InChI is InChI=1S/C18H34N10O.ClH/c19-11-4-12(20)7-27(6-11)17-23-16(26-3-1-2-15(29)10-26)24-18(25-17)28-8-13(21)5-14(22)9-28;/h11-15,29H,1-10,19-22H2;1H/t11-,12+,13-,14+,15?;. The highest BCUT2D eigenvalue weighted by Gasteiger charge is 2.30. The molecule has 0 radical (unpaired) electrons. The Hall–Kier alpha value is -1.50. The Morgan fingerprint density at radius 3 is 1.47 bits per heavy atom. The van der Waals surface area contributed by atoms with E-state index in [1.54, 1.807) is 0 Å². The third-order valence-electron chi connectivity index (χ3n) is 5.88. The number of piperidine rings is 3. The lowest BCUT2D eigenvalue weighted by Gasteiger charge is -2.38. The molecule has 30 heavy (non-hydrogen) atoms. The van der Waals surface area contributed by atoms with Crippen LogP contribution in [-0.4, -0.2) is 89.6 Å². The molecule has 1 aromatic heterocycles. The Morgan fingerprint density at radius 1 is 0.667 bits per heavy atom. The number of nitrogens with two attached hydrogens (primary N) is 4. The molecule has 9 N–H and O–H groups in total. The molecule has 1 aromatic rings. The molecule has 3 fully saturated rings. The molecule has 0 amide bonds. The monoisotopic (exact) mass is 442 g/mol. The largest absolute Gasteiger partial charge is 0.391 e. The summed E-state index contributed by atoms with van der Waals surface area (Å²) in [6.45, 7) is 3.92. The zero-order chi connectivity index (χ0) is 20.5. The van der Waals surface area contributed by atoms with Gasteiger partial charge in [0.25, 0.3) is 0 Å². The van der Waals surface area contributed by atoms with Gasteiger partial charge in [0.15, 0.2) is 0 Å². The first-order valence-corrected chi connectivity index (χ1v) is 10.6. The normalized spacial score (nSPS) is 32.7. The Morgan fingerprint density at radius 2 is 1.07 bits per heavy atom. The van der Waals surface area contributed by atoms with E-state index in [1.165, 1.54) is 0 Å². The van der Waals surface area contributed by atoms with Gasteiger partial charge in [0.1, 0.15) is 0 Å². The number of hydrogen-bond donors (Lipinski definition) is 5. The lowest BCUT2D eigenvalue weighted by Crippen LogP contribution is -2.54. The third-order valence-corrected chi connectivity index (χ3v) is 5.88. The van der Waals surface area contributed by atoms with Gasteiger partial charge in [0, 0.05) is 63.4 Å². The zero-order valence-electron chi connectivity index (χ0n) is 17.3. The first kappa shape index (κ1) is 23.2. The van der Waals surface area contributed by atoms with E-state index in [1.807, 2.05) is 14.7 Å². The molecule has 3 aliphatic heterocycles. The van der Waals surface area contributed by atoms with Gasteiger partial charge >= 0.3 is 0 Å². The Balaban J connectivity index is 0.00000256. The zero-order valence-corrected chi connectivity index (χ0v) is 18.1. The van der Waals surface area contributed by atoms with Crippen LogP contribution in [0, 0.1) is 0 Å². The minimum absolute atomic E-state index is 0. The van der Waals surface area contributed by atoms with Crippen LogP contribution in [0.2, 0.25) is 0 Å². The maximum atomic E-state index is 10.1. The van der Waals surface area contributed by atoms with Crippen molar-refractivity contribution in [1.82, 2.24) is 15.0 Å². The third kappa shape index (κ3) is 5.40. The minimum atomic E-state index is -0.374. The summed E-state index contributed by atoms with van der Waals surface area (Å²) < 4.78 is 0. The first-order valence-electron chi connectivity index (χ1n) is 10.6. The highest BCUT2D eigenvalue weighted by Crippen LogP contribution is 2.25. The van der Waals surface area contributed by atoms with Crippen molar-refractivity contribution in [2.75, 3.05) is 54.0 Å². The molecule has 4 rings (SSSR count). The van der Waals surface area contributed by atoms with Crippen LogP contribution in [0.1, 0.15) is 25.7 Å². The van der Waals surface area contributed by atoms with Crippen molar-refractivity contribution in [2.24, 2.45) is 22.9 Å². The number of nitrogens with zero attached hydrogens (tertiary/aromatic N) is 6. The van der Waals surface area contributed by atoms with Gasteiger partial charge in [-0.1, -0.05) is 0 Å². The Bertz CT molecular complexity index is 647. The van der Waals surface area contributed by atoms with Gasteiger partial charge in [0.05, 0.1) is 6.10 Å². The summed E-state index contributed by atoms with van der Waals surface area (Å²) in [5, 5.41) is 10.1. The highest BCUT2D eigenvalue weighted by molar-refractivity contribution is 5.85. The molecule has 12 heteroatoms. The van der Waals surface area contributed by atoms with Crippen molar-refractivity contribution in [3.8, 4) is 0 Å². The summed E-state index contributed by atoms with van der Waals surface area (Å²) in [6, 6.07) is -0.0702. The molecule has 11 nitrogen and oxygen atoms in total. The second-order valence-corrected chi connectivity index (χ2v) is 8.80. The van der Waals surface area contributed by atoms with Crippen LogP contribution >= 0.6 is 12.4 Å². The molecule has 0 spiro atoms. The number of β-amino-alcohol motifs (C(OH)–C–C–N with tert-alkyl or cyclic N) is 1. The van der Waals surface area contributed by atoms with Gasteiger partial charge in [-0.2, -0.15) is 15.0 Å². The molecule has 1 unspecified atom stereocenters. The van der Waals surface area contributed by atoms with Crippen LogP contribution in [0.3, 0.4) is 0 Å². The Kier molecular flexibility index (Phi) is 7.53. The topological polar surface area (TPSA) is 173 Å². The number of aromatic nitrogens is 3. The maximum Gasteiger partial charge on any atom is 0.232 e. The molecule has 3 saturated heterocycles. The molecule has 170 valence electrons. The molecular weight excluding hydrogens is 408 g/mol. The second kappa shape index (κ2) is 9.75. The van der Waals surface area contributed by atoms with Crippen molar-refractivity contribution >= 4 is 30.3 Å². The van der Waals surface area contributed by atoms with Crippen molar-refractivity contribution in [1.29, 1.82) is 0 Å². The number of halogens is 1. The summed E-state index contributed by atoms with van der Waals surface area (Å²) in [6.07, 6.45) is 2.90. The number of hydrogen-bond acceptors (Lipinski definition) is 11. The van der Waals surface area contributed by atoms with Crippen molar-refractivity contribution in [3.05, 3.63) is 0 Å². The average Bonchev–Trinajstić information content (AvgIpc) is 2.66. The lowest BCUT2D eigenvalue weighted by molar-refractivity contribution is 0.153. The van der Waals surface area contributed by atoms with E-state index in [0.29, 0.717) is 50.6 Å². The fourth-order valence-electron chi connectivity index (χ4n) is 4.59. The minimum Gasteiger partial charge on any atom is -0.391 e. The van der Waals surface area contributed by atoms with E-state index in [9.17, 15) is 5.11 Å². The summed E-state index contributed by atoms with van der Waals surface area (Å²) in [4.78, 5) is 20.3. The van der Waals surface area contributed by atoms with E-state index in [0.717, 1.165) is 32.2 Å². The number of aliphatic hydroxyl groups is 1. The lowest BCUT2D eigenvalue weighted by atomic mass is 10.0. The van der Waals surface area contributed by atoms with Crippen molar-refractivity contribution in [2.45, 2.75) is 56.0 Å². The number of anilines is 3. The summed E-state index contributed by atoms with van der Waals surface area (Å²) in [5.74, 6) is 1.72. The van der Waals surface area contributed by atoms with E-state index < -0.39 is 0 Å². The fraction of sp³-hybridized carbons (Fsp3) is 0.833. The van der Waals surface area contributed by atoms with Crippen LogP contribution in [-0.2, 0) is 0 Å². The molecule has 4 heterocycles. The smallest absolute Gasteiger partial charge is 0.232 e. The fourth-order valence-corrected chi connectivity index (χ4v) is 4.59. The predicted molar refractivity (Wildman–Crippen MR) is 120 cm³/mol. The second-order valence-electron chi connectivity index (χ2n) is 8.80. The number of aliphatic hydroxyl groups excluding tert-OH is 1. The van der Waals surface area contributed by atoms with Gasteiger partial charge < -0.3 is 42.7 Å².